The first kappa shape index (κ1) is 11.8. The quantitative estimate of drug-likeness (QED) is 0.590. The van der Waals surface area contributed by atoms with Crippen LogP contribution in [0.2, 0.25) is 0 Å². The van der Waals surface area contributed by atoms with Crippen molar-refractivity contribution >= 4 is 11.6 Å². The van der Waals surface area contributed by atoms with E-state index < -0.39 is 0 Å². The number of alkyl halides is 1. The molecule has 2 aliphatic rings. The third kappa shape index (κ3) is 2.35. The zero-order chi connectivity index (χ0) is 10.9. The van der Waals surface area contributed by atoms with Crippen molar-refractivity contribution < 1.29 is 0 Å². The Morgan fingerprint density at radius 3 is 2.60 bits per heavy atom. The largest absolute Gasteiger partial charge is 0.126 e. The monoisotopic (exact) mass is 228 g/mol. The standard InChI is InChI=1S/C14H25Cl/c1-11(2)4-3-7-14(10-15)9-12-5-6-13(14)8-12/h11-13H,3-10H2,1-2H3. The molecule has 88 valence electrons. The van der Waals surface area contributed by atoms with E-state index in [9.17, 15) is 0 Å². The molecule has 3 unspecified atom stereocenters. The first-order chi connectivity index (χ1) is 7.16. The molecule has 0 radical (unpaired) electrons. The van der Waals surface area contributed by atoms with Crippen LogP contribution in [0.1, 0.15) is 58.8 Å². The lowest BCUT2D eigenvalue weighted by Crippen LogP contribution is -2.29. The molecule has 2 bridgehead atoms. The molecule has 0 N–H and O–H groups in total. The van der Waals surface area contributed by atoms with E-state index in [0.717, 1.165) is 23.6 Å². The van der Waals surface area contributed by atoms with Gasteiger partial charge in [0, 0.05) is 5.88 Å². The molecule has 2 fully saturated rings. The van der Waals surface area contributed by atoms with E-state index in [1.165, 1.54) is 44.9 Å². The van der Waals surface area contributed by atoms with Gasteiger partial charge < -0.3 is 0 Å². The smallest absolute Gasteiger partial charge is 0.0282 e. The molecule has 1 heteroatoms. The second kappa shape index (κ2) is 4.65. The van der Waals surface area contributed by atoms with E-state index >= 15 is 0 Å². The summed E-state index contributed by atoms with van der Waals surface area (Å²) in [4.78, 5) is 0. The molecular weight excluding hydrogens is 204 g/mol. The summed E-state index contributed by atoms with van der Waals surface area (Å²) in [6.07, 6.45) is 10.1. The van der Waals surface area contributed by atoms with Gasteiger partial charge in [-0.1, -0.05) is 33.1 Å². The predicted octanol–water partition coefficient (Wildman–Crippen LogP) is 4.86. The first-order valence-corrected chi connectivity index (χ1v) is 7.26. The molecule has 2 aliphatic carbocycles. The van der Waals surface area contributed by atoms with Gasteiger partial charge >= 0.3 is 0 Å². The van der Waals surface area contributed by atoms with Crippen LogP contribution in [-0.4, -0.2) is 5.88 Å². The molecule has 0 nitrogen and oxygen atoms in total. The van der Waals surface area contributed by atoms with Gasteiger partial charge in [0.05, 0.1) is 0 Å². The predicted molar refractivity (Wildman–Crippen MR) is 67.3 cm³/mol. The lowest BCUT2D eigenvalue weighted by atomic mass is 9.71. The second-order valence-electron chi connectivity index (χ2n) is 6.36. The minimum atomic E-state index is 0.555. The van der Waals surface area contributed by atoms with Crippen molar-refractivity contribution in [2.75, 3.05) is 5.88 Å². The van der Waals surface area contributed by atoms with Crippen LogP contribution in [0, 0.1) is 23.2 Å². The van der Waals surface area contributed by atoms with Crippen LogP contribution in [0.4, 0.5) is 0 Å². The maximum Gasteiger partial charge on any atom is 0.0282 e. The number of fused-ring (bicyclic) bond motifs is 2. The normalized spacial score (nSPS) is 39.2. The number of hydrogen-bond acceptors (Lipinski definition) is 0. The minimum Gasteiger partial charge on any atom is -0.126 e. The summed E-state index contributed by atoms with van der Waals surface area (Å²) >= 11 is 6.27. The Morgan fingerprint density at radius 1 is 1.33 bits per heavy atom. The van der Waals surface area contributed by atoms with Crippen molar-refractivity contribution in [3.8, 4) is 0 Å². The molecule has 0 heterocycles. The van der Waals surface area contributed by atoms with Crippen molar-refractivity contribution in [1.29, 1.82) is 0 Å². The highest BCUT2D eigenvalue weighted by Gasteiger charge is 2.49. The van der Waals surface area contributed by atoms with Crippen molar-refractivity contribution in [2.45, 2.75) is 58.8 Å². The van der Waals surface area contributed by atoms with Crippen molar-refractivity contribution in [2.24, 2.45) is 23.2 Å². The highest BCUT2D eigenvalue weighted by Crippen LogP contribution is 2.58. The molecule has 0 saturated heterocycles. The van der Waals surface area contributed by atoms with Crippen LogP contribution in [0.25, 0.3) is 0 Å². The van der Waals surface area contributed by atoms with Gasteiger partial charge in [0.2, 0.25) is 0 Å². The topological polar surface area (TPSA) is 0 Å². The third-order valence-corrected chi connectivity index (χ3v) is 5.36. The molecule has 3 atom stereocenters. The Hall–Kier alpha value is 0.290. The van der Waals surface area contributed by atoms with Gasteiger partial charge in [-0.25, -0.2) is 0 Å². The van der Waals surface area contributed by atoms with Gasteiger partial charge in [-0.15, -0.1) is 11.6 Å². The van der Waals surface area contributed by atoms with E-state index in [-0.39, 0.29) is 0 Å². The molecule has 0 aliphatic heterocycles. The third-order valence-electron chi connectivity index (χ3n) is 4.82. The van der Waals surface area contributed by atoms with Crippen molar-refractivity contribution in [3.05, 3.63) is 0 Å². The summed E-state index contributed by atoms with van der Waals surface area (Å²) in [5.74, 6) is 3.79. The van der Waals surface area contributed by atoms with Gasteiger partial charge in [-0.05, 0) is 48.9 Å². The van der Waals surface area contributed by atoms with Crippen LogP contribution in [0.5, 0.6) is 0 Å². The fourth-order valence-corrected chi connectivity index (χ4v) is 4.42. The number of rotatable bonds is 5. The zero-order valence-corrected chi connectivity index (χ0v) is 11.0. The van der Waals surface area contributed by atoms with Crippen LogP contribution in [0.3, 0.4) is 0 Å². The van der Waals surface area contributed by atoms with E-state index in [1.807, 2.05) is 0 Å². The summed E-state index contributed by atoms with van der Waals surface area (Å²) in [7, 11) is 0. The lowest BCUT2D eigenvalue weighted by molar-refractivity contribution is 0.170. The summed E-state index contributed by atoms with van der Waals surface area (Å²) in [6, 6.07) is 0. The average molecular weight is 229 g/mol. The Bertz CT molecular complexity index is 211. The molecule has 15 heavy (non-hydrogen) atoms. The highest BCUT2D eigenvalue weighted by atomic mass is 35.5. The fourth-order valence-electron chi connectivity index (χ4n) is 3.96. The summed E-state index contributed by atoms with van der Waals surface area (Å²) < 4.78 is 0. The van der Waals surface area contributed by atoms with Gasteiger partial charge in [0.25, 0.3) is 0 Å². The number of halogens is 1. The van der Waals surface area contributed by atoms with Crippen LogP contribution in [-0.2, 0) is 0 Å². The fraction of sp³-hybridized carbons (Fsp3) is 1.00. The van der Waals surface area contributed by atoms with Crippen molar-refractivity contribution in [3.63, 3.8) is 0 Å². The maximum absolute atomic E-state index is 6.27. The average Bonchev–Trinajstić information content (AvgIpc) is 2.77. The SMILES string of the molecule is CC(C)CCCC1(CCl)CC2CCC1C2. The van der Waals surface area contributed by atoms with Crippen LogP contribution < -0.4 is 0 Å². The van der Waals surface area contributed by atoms with E-state index in [0.29, 0.717) is 5.41 Å². The Morgan fingerprint density at radius 2 is 2.13 bits per heavy atom. The van der Waals surface area contributed by atoms with Crippen LogP contribution in [0.15, 0.2) is 0 Å². The molecule has 0 aromatic heterocycles. The molecule has 2 rings (SSSR count). The van der Waals surface area contributed by atoms with E-state index in [1.54, 1.807) is 0 Å². The molecule has 0 amide bonds. The minimum absolute atomic E-state index is 0.555. The van der Waals surface area contributed by atoms with Gasteiger partial charge in [0.1, 0.15) is 0 Å². The van der Waals surface area contributed by atoms with Gasteiger partial charge in [-0.2, -0.15) is 0 Å². The van der Waals surface area contributed by atoms with Crippen LogP contribution >= 0.6 is 11.6 Å². The number of hydrogen-bond donors (Lipinski definition) is 0. The summed E-state index contributed by atoms with van der Waals surface area (Å²) in [6.45, 7) is 4.66. The zero-order valence-electron chi connectivity index (χ0n) is 10.3. The Balaban J connectivity index is 1.86. The van der Waals surface area contributed by atoms with E-state index in [4.69, 9.17) is 11.6 Å². The van der Waals surface area contributed by atoms with E-state index in [2.05, 4.69) is 13.8 Å². The molecule has 0 aromatic carbocycles. The lowest BCUT2D eigenvalue weighted by Gasteiger charge is -2.36. The first-order valence-electron chi connectivity index (χ1n) is 6.72. The van der Waals surface area contributed by atoms with Gasteiger partial charge in [0.15, 0.2) is 0 Å². The second-order valence-corrected chi connectivity index (χ2v) is 6.63. The summed E-state index contributed by atoms with van der Waals surface area (Å²) in [5.41, 5.74) is 0.555. The van der Waals surface area contributed by atoms with Gasteiger partial charge in [-0.3, -0.25) is 0 Å². The molecule has 0 spiro atoms. The van der Waals surface area contributed by atoms with Crippen molar-refractivity contribution in [1.82, 2.24) is 0 Å². The Kier molecular flexibility index (Phi) is 3.65. The molecule has 2 saturated carbocycles. The molecule has 0 aromatic rings. The Labute approximate surface area is 99.8 Å². The highest BCUT2D eigenvalue weighted by molar-refractivity contribution is 6.18. The molecular formula is C14H25Cl. The maximum atomic E-state index is 6.27. The summed E-state index contributed by atoms with van der Waals surface area (Å²) in [5, 5.41) is 0.